The highest BCUT2D eigenvalue weighted by molar-refractivity contribution is 7.22. The maximum absolute atomic E-state index is 14.0. The summed E-state index contributed by atoms with van der Waals surface area (Å²) in [4.78, 5) is 33.3. The number of ether oxygens (including phenoxy) is 3. The standard InChI is InChI=1S/C35H27FN2O6S/c1-19-14-23-15-22(9-12-26(23)44-19)32(39)30-31(21-8-13-27(28(16-21)42-2)43-18-20-6-4-3-5-7-20)38(34(41)33(30)40)35-37-25-11-10-24(36)17-29(25)45-35/h3-13,15-17,19,31,39H,14,18H2,1-2H3/t19-,31-/m0/s1. The maximum Gasteiger partial charge on any atom is 0.301 e. The molecular weight excluding hydrogens is 595 g/mol. The van der Waals surface area contributed by atoms with Crippen LogP contribution in [0.1, 0.15) is 35.2 Å². The number of hydrogen-bond acceptors (Lipinski definition) is 8. The average molecular weight is 623 g/mol. The predicted octanol–water partition coefficient (Wildman–Crippen LogP) is 6.97. The minimum Gasteiger partial charge on any atom is -0.507 e. The first-order valence-corrected chi connectivity index (χ1v) is 15.1. The lowest BCUT2D eigenvalue weighted by atomic mass is 9.94. The van der Waals surface area contributed by atoms with Crippen LogP contribution in [0.25, 0.3) is 16.0 Å². The van der Waals surface area contributed by atoms with E-state index in [0.29, 0.717) is 51.6 Å². The fourth-order valence-corrected chi connectivity index (χ4v) is 6.79. The Morgan fingerprint density at radius 3 is 2.67 bits per heavy atom. The highest BCUT2D eigenvalue weighted by atomic mass is 32.1. The number of rotatable bonds is 7. The van der Waals surface area contributed by atoms with Crippen molar-refractivity contribution < 1.29 is 33.3 Å². The molecule has 1 amide bonds. The van der Waals surface area contributed by atoms with Gasteiger partial charge in [-0.3, -0.25) is 14.5 Å². The molecule has 2 aliphatic heterocycles. The van der Waals surface area contributed by atoms with Crippen LogP contribution in [0.5, 0.6) is 17.2 Å². The molecule has 1 fully saturated rings. The molecule has 45 heavy (non-hydrogen) atoms. The summed E-state index contributed by atoms with van der Waals surface area (Å²) in [5.74, 6) is -0.928. The average Bonchev–Trinajstić information content (AvgIpc) is 3.71. The van der Waals surface area contributed by atoms with Crippen molar-refractivity contribution in [1.29, 1.82) is 0 Å². The molecular formula is C35H27FN2O6S. The van der Waals surface area contributed by atoms with Gasteiger partial charge in [0.1, 0.15) is 30.0 Å². The van der Waals surface area contributed by atoms with Gasteiger partial charge in [-0.2, -0.15) is 0 Å². The Hall–Kier alpha value is -5.22. The van der Waals surface area contributed by atoms with E-state index in [1.807, 2.05) is 37.3 Å². The van der Waals surface area contributed by atoms with Crippen molar-refractivity contribution in [2.75, 3.05) is 12.0 Å². The molecule has 0 saturated carbocycles. The van der Waals surface area contributed by atoms with Crippen molar-refractivity contribution >= 4 is 44.1 Å². The van der Waals surface area contributed by atoms with E-state index in [-0.39, 0.29) is 22.6 Å². The number of methoxy groups -OCH3 is 1. The highest BCUT2D eigenvalue weighted by Crippen LogP contribution is 2.46. The van der Waals surface area contributed by atoms with Crippen LogP contribution < -0.4 is 19.1 Å². The first-order valence-electron chi connectivity index (χ1n) is 14.3. The van der Waals surface area contributed by atoms with Crippen molar-refractivity contribution in [3.63, 3.8) is 0 Å². The van der Waals surface area contributed by atoms with Gasteiger partial charge in [0.15, 0.2) is 16.6 Å². The summed E-state index contributed by atoms with van der Waals surface area (Å²) in [7, 11) is 1.50. The van der Waals surface area contributed by atoms with Crippen LogP contribution in [-0.4, -0.2) is 35.0 Å². The zero-order valence-corrected chi connectivity index (χ0v) is 25.1. The number of aliphatic hydroxyl groups excluding tert-OH is 1. The first-order chi connectivity index (χ1) is 21.8. The van der Waals surface area contributed by atoms with Gasteiger partial charge in [0.05, 0.1) is 28.9 Å². The van der Waals surface area contributed by atoms with Crippen molar-refractivity contribution in [2.45, 2.75) is 32.1 Å². The van der Waals surface area contributed by atoms with E-state index in [2.05, 4.69) is 4.98 Å². The van der Waals surface area contributed by atoms with E-state index >= 15 is 0 Å². The maximum atomic E-state index is 14.0. The SMILES string of the molecule is COc1cc([C@H]2C(=C(O)c3ccc4c(c3)C[C@H](C)O4)C(=O)C(=O)N2c2nc3ccc(F)cc3s2)ccc1OCc1ccccc1. The Balaban J connectivity index is 1.35. The van der Waals surface area contributed by atoms with Crippen LogP contribution in [0.4, 0.5) is 9.52 Å². The number of carbonyl (C=O) groups excluding carboxylic acids is 2. The molecule has 1 N–H and O–H groups in total. The van der Waals surface area contributed by atoms with Gasteiger partial charge < -0.3 is 19.3 Å². The number of anilines is 1. The summed E-state index contributed by atoms with van der Waals surface area (Å²) in [6, 6.07) is 23.1. The number of hydrogen-bond donors (Lipinski definition) is 1. The van der Waals surface area contributed by atoms with Gasteiger partial charge in [-0.05, 0) is 72.1 Å². The van der Waals surface area contributed by atoms with Crippen LogP contribution in [0, 0.1) is 5.82 Å². The molecule has 2 aliphatic rings. The highest BCUT2D eigenvalue weighted by Gasteiger charge is 2.48. The number of Topliss-reactive ketones (excluding diaryl/α,β-unsaturated/α-hetero) is 1. The topological polar surface area (TPSA) is 98.2 Å². The molecule has 0 bridgehead atoms. The Labute approximate surface area is 261 Å². The number of carbonyl (C=O) groups is 2. The van der Waals surface area contributed by atoms with Gasteiger partial charge >= 0.3 is 5.91 Å². The van der Waals surface area contributed by atoms with Gasteiger partial charge in [-0.25, -0.2) is 9.37 Å². The summed E-state index contributed by atoms with van der Waals surface area (Å²) in [5.41, 5.74) is 3.12. The predicted molar refractivity (Wildman–Crippen MR) is 168 cm³/mol. The fourth-order valence-electron chi connectivity index (χ4n) is 5.77. The summed E-state index contributed by atoms with van der Waals surface area (Å²) in [6.07, 6.45) is 0.639. The number of amides is 1. The third-order valence-corrected chi connectivity index (χ3v) is 8.92. The number of benzene rings is 4. The van der Waals surface area contributed by atoms with Gasteiger partial charge in [-0.1, -0.05) is 47.7 Å². The molecule has 2 atom stereocenters. The lowest BCUT2D eigenvalue weighted by Gasteiger charge is -2.24. The van der Waals surface area contributed by atoms with Crippen LogP contribution in [-0.2, 0) is 22.6 Å². The van der Waals surface area contributed by atoms with E-state index < -0.39 is 23.5 Å². The van der Waals surface area contributed by atoms with E-state index in [9.17, 15) is 19.1 Å². The zero-order chi connectivity index (χ0) is 31.2. The second kappa shape index (κ2) is 11.4. The molecule has 0 spiro atoms. The second-order valence-corrected chi connectivity index (χ2v) is 11.9. The molecule has 3 heterocycles. The number of thiazole rings is 1. The molecule has 0 unspecified atom stereocenters. The number of aromatic nitrogens is 1. The first kappa shape index (κ1) is 28.5. The fraction of sp³-hybridized carbons (Fsp3) is 0.171. The summed E-state index contributed by atoms with van der Waals surface area (Å²) < 4.78 is 32.1. The largest absolute Gasteiger partial charge is 0.507 e. The lowest BCUT2D eigenvalue weighted by Crippen LogP contribution is -2.29. The molecule has 0 aliphatic carbocycles. The second-order valence-electron chi connectivity index (χ2n) is 10.9. The molecule has 5 aromatic rings. The van der Waals surface area contributed by atoms with Crippen LogP contribution in [0.3, 0.4) is 0 Å². The summed E-state index contributed by atoms with van der Waals surface area (Å²) in [5, 5.41) is 11.9. The minimum atomic E-state index is -1.06. The molecule has 1 aromatic heterocycles. The van der Waals surface area contributed by atoms with E-state index in [1.165, 1.54) is 30.2 Å². The Morgan fingerprint density at radius 2 is 1.87 bits per heavy atom. The molecule has 4 aromatic carbocycles. The summed E-state index contributed by atoms with van der Waals surface area (Å²) >= 11 is 1.08. The number of halogens is 1. The molecule has 8 nitrogen and oxygen atoms in total. The minimum absolute atomic E-state index is 0.0121. The normalized spacial score (nSPS) is 18.7. The van der Waals surface area contributed by atoms with Crippen molar-refractivity contribution in [3.8, 4) is 17.2 Å². The third-order valence-electron chi connectivity index (χ3n) is 7.90. The lowest BCUT2D eigenvalue weighted by molar-refractivity contribution is -0.132. The number of aliphatic hydroxyl groups is 1. The van der Waals surface area contributed by atoms with E-state index in [4.69, 9.17) is 14.2 Å². The Kier molecular flexibility index (Phi) is 7.21. The quantitative estimate of drug-likeness (QED) is 0.119. The molecule has 226 valence electrons. The molecule has 7 rings (SSSR count). The number of nitrogens with zero attached hydrogens (tertiary/aromatic N) is 2. The van der Waals surface area contributed by atoms with Gasteiger partial charge in [0, 0.05) is 12.0 Å². The van der Waals surface area contributed by atoms with Gasteiger partial charge in [0.2, 0.25) is 0 Å². The van der Waals surface area contributed by atoms with Crippen molar-refractivity contribution in [2.24, 2.45) is 0 Å². The van der Waals surface area contributed by atoms with Gasteiger partial charge in [0.25, 0.3) is 5.78 Å². The molecule has 10 heteroatoms. The van der Waals surface area contributed by atoms with Crippen LogP contribution in [0.15, 0.2) is 90.5 Å². The monoisotopic (exact) mass is 622 g/mol. The van der Waals surface area contributed by atoms with Crippen molar-refractivity contribution in [3.05, 3.63) is 119 Å². The van der Waals surface area contributed by atoms with E-state index in [1.54, 1.807) is 36.4 Å². The molecule has 1 saturated heterocycles. The Morgan fingerprint density at radius 1 is 1.04 bits per heavy atom. The number of fused-ring (bicyclic) bond motifs is 2. The van der Waals surface area contributed by atoms with E-state index in [0.717, 1.165) is 22.5 Å². The zero-order valence-electron chi connectivity index (χ0n) is 24.3. The third kappa shape index (κ3) is 5.17. The van der Waals surface area contributed by atoms with Crippen LogP contribution >= 0.6 is 11.3 Å². The summed E-state index contributed by atoms with van der Waals surface area (Å²) in [6.45, 7) is 2.26. The smallest absolute Gasteiger partial charge is 0.301 e. The van der Waals surface area contributed by atoms with Crippen LogP contribution in [0.2, 0.25) is 0 Å². The molecule has 0 radical (unpaired) electrons. The van der Waals surface area contributed by atoms with Crippen molar-refractivity contribution in [1.82, 2.24) is 4.98 Å². The number of ketones is 1. The Bertz CT molecular complexity index is 2010. The van der Waals surface area contributed by atoms with Gasteiger partial charge in [-0.15, -0.1) is 0 Å².